The zero-order valence-electron chi connectivity index (χ0n) is 8.88. The third-order valence-corrected chi connectivity index (χ3v) is 2.74. The van der Waals surface area contributed by atoms with Crippen LogP contribution in [0.5, 0.6) is 0 Å². The van der Waals surface area contributed by atoms with Gasteiger partial charge in [-0.25, -0.2) is 4.79 Å². The highest BCUT2D eigenvalue weighted by atomic mass is 35.5. The summed E-state index contributed by atoms with van der Waals surface area (Å²) in [5.41, 5.74) is 0.558. The maximum Gasteiger partial charge on any atom is 0.341 e. The van der Waals surface area contributed by atoms with Gasteiger partial charge in [0.05, 0.1) is 6.20 Å². The summed E-state index contributed by atoms with van der Waals surface area (Å²) in [6.07, 6.45) is 1.14. The smallest absolute Gasteiger partial charge is 0.341 e. The maximum atomic E-state index is 11.0. The van der Waals surface area contributed by atoms with Gasteiger partial charge in [-0.15, -0.1) is 0 Å². The average molecular weight is 264 g/mol. The van der Waals surface area contributed by atoms with E-state index in [1.54, 1.807) is 24.3 Å². The monoisotopic (exact) mass is 263 g/mol. The molecule has 5 nitrogen and oxygen atoms in total. The number of rotatable bonds is 2. The minimum Gasteiger partial charge on any atom is -0.477 e. The number of aromatic nitrogens is 1. The van der Waals surface area contributed by atoms with Crippen LogP contribution in [0.15, 0.2) is 39.4 Å². The van der Waals surface area contributed by atoms with E-state index in [1.807, 2.05) is 0 Å². The molecule has 18 heavy (non-hydrogen) atoms. The fourth-order valence-electron chi connectivity index (χ4n) is 1.70. The highest BCUT2D eigenvalue weighted by Crippen LogP contribution is 2.31. The van der Waals surface area contributed by atoms with Crippen LogP contribution in [0.1, 0.15) is 10.4 Å². The lowest BCUT2D eigenvalue weighted by Gasteiger charge is -1.90. The number of fused-ring (bicyclic) bond motifs is 1. The summed E-state index contributed by atoms with van der Waals surface area (Å²) in [5.74, 6) is -0.721. The Labute approximate surface area is 106 Å². The molecule has 3 rings (SSSR count). The van der Waals surface area contributed by atoms with E-state index in [4.69, 9.17) is 25.6 Å². The van der Waals surface area contributed by atoms with Crippen molar-refractivity contribution < 1.29 is 18.8 Å². The van der Waals surface area contributed by atoms with Gasteiger partial charge in [-0.2, -0.15) is 0 Å². The molecule has 2 heterocycles. The molecule has 3 aromatic rings. The van der Waals surface area contributed by atoms with Gasteiger partial charge in [-0.1, -0.05) is 16.8 Å². The largest absolute Gasteiger partial charge is 0.477 e. The minimum absolute atomic E-state index is 0.0415. The van der Waals surface area contributed by atoms with Crippen molar-refractivity contribution in [3.05, 3.63) is 41.0 Å². The van der Waals surface area contributed by atoms with Gasteiger partial charge in [0.15, 0.2) is 5.76 Å². The Kier molecular flexibility index (Phi) is 2.34. The molecule has 0 aliphatic heterocycles. The van der Waals surface area contributed by atoms with Gasteiger partial charge < -0.3 is 14.0 Å². The molecule has 1 aromatic carbocycles. The molecule has 0 unspecified atom stereocenters. The van der Waals surface area contributed by atoms with Crippen LogP contribution in [0, 0.1) is 0 Å². The normalized spacial score (nSPS) is 10.9. The fourth-order valence-corrected chi connectivity index (χ4v) is 1.88. The summed E-state index contributed by atoms with van der Waals surface area (Å²) in [7, 11) is 0. The van der Waals surface area contributed by atoms with Crippen molar-refractivity contribution >= 4 is 28.5 Å². The predicted octanol–water partition coefficient (Wildman–Crippen LogP) is 3.44. The summed E-state index contributed by atoms with van der Waals surface area (Å²) in [6.45, 7) is 0. The van der Waals surface area contributed by atoms with E-state index in [-0.39, 0.29) is 11.3 Å². The van der Waals surface area contributed by atoms with Crippen molar-refractivity contribution in [3.63, 3.8) is 0 Å². The highest BCUT2D eigenvalue weighted by molar-refractivity contribution is 6.31. The summed E-state index contributed by atoms with van der Waals surface area (Å²) < 4.78 is 10.4. The van der Waals surface area contributed by atoms with Crippen molar-refractivity contribution in [2.24, 2.45) is 0 Å². The second kappa shape index (κ2) is 3.89. The number of aromatic carboxylic acids is 1. The van der Waals surface area contributed by atoms with Gasteiger partial charge in [0.1, 0.15) is 11.1 Å². The Morgan fingerprint density at radius 1 is 1.33 bits per heavy atom. The molecule has 0 amide bonds. The van der Waals surface area contributed by atoms with E-state index in [9.17, 15) is 4.79 Å². The van der Waals surface area contributed by atoms with E-state index < -0.39 is 5.97 Å². The predicted molar refractivity (Wildman–Crippen MR) is 63.7 cm³/mol. The fraction of sp³-hybridized carbons (Fsp3) is 0. The number of carboxylic acid groups (broad SMARTS) is 1. The maximum absolute atomic E-state index is 11.0. The molecular formula is C12H6ClNO4. The van der Waals surface area contributed by atoms with Gasteiger partial charge in [0.2, 0.25) is 5.76 Å². The van der Waals surface area contributed by atoms with Crippen LogP contribution >= 0.6 is 11.6 Å². The lowest BCUT2D eigenvalue weighted by molar-refractivity contribution is 0.0697. The molecule has 0 saturated carbocycles. The zero-order valence-corrected chi connectivity index (χ0v) is 9.64. The van der Waals surface area contributed by atoms with Crippen molar-refractivity contribution in [1.29, 1.82) is 0 Å². The molecule has 0 aliphatic carbocycles. The number of benzene rings is 1. The van der Waals surface area contributed by atoms with Crippen LogP contribution in [0.3, 0.4) is 0 Å². The summed E-state index contributed by atoms with van der Waals surface area (Å²) in [5, 5.41) is 13.8. The molecule has 0 bridgehead atoms. The molecule has 0 radical (unpaired) electrons. The number of hydrogen-bond donors (Lipinski definition) is 1. The van der Waals surface area contributed by atoms with Crippen LogP contribution in [0.25, 0.3) is 22.5 Å². The Balaban J connectivity index is 2.19. The molecule has 0 spiro atoms. The van der Waals surface area contributed by atoms with Gasteiger partial charge >= 0.3 is 5.97 Å². The molecule has 6 heteroatoms. The number of nitrogens with zero attached hydrogens (tertiary/aromatic N) is 1. The molecule has 90 valence electrons. The molecule has 0 fully saturated rings. The SMILES string of the molecule is O=C(O)c1cnoc1-c1cc2cc(Cl)ccc2o1. The summed E-state index contributed by atoms with van der Waals surface area (Å²) in [4.78, 5) is 11.0. The third kappa shape index (κ3) is 1.65. The Bertz CT molecular complexity index is 743. The number of hydrogen-bond acceptors (Lipinski definition) is 4. The third-order valence-electron chi connectivity index (χ3n) is 2.50. The first-order valence-corrected chi connectivity index (χ1v) is 5.40. The van der Waals surface area contributed by atoms with E-state index in [1.165, 1.54) is 0 Å². The zero-order chi connectivity index (χ0) is 12.7. The van der Waals surface area contributed by atoms with E-state index in [0.717, 1.165) is 11.6 Å². The van der Waals surface area contributed by atoms with Crippen molar-refractivity contribution in [2.45, 2.75) is 0 Å². The summed E-state index contributed by atoms with van der Waals surface area (Å²) >= 11 is 5.86. The summed E-state index contributed by atoms with van der Waals surface area (Å²) in [6, 6.07) is 6.78. The van der Waals surface area contributed by atoms with Crippen LogP contribution in [-0.2, 0) is 0 Å². The van der Waals surface area contributed by atoms with E-state index in [2.05, 4.69) is 5.16 Å². The molecule has 0 atom stereocenters. The van der Waals surface area contributed by atoms with Crippen molar-refractivity contribution in [1.82, 2.24) is 5.16 Å². The number of carbonyl (C=O) groups is 1. The van der Waals surface area contributed by atoms with E-state index >= 15 is 0 Å². The Morgan fingerprint density at radius 3 is 2.94 bits per heavy atom. The first kappa shape index (κ1) is 10.9. The van der Waals surface area contributed by atoms with Gasteiger partial charge in [-0.05, 0) is 24.3 Å². The lowest BCUT2D eigenvalue weighted by atomic mass is 10.2. The van der Waals surface area contributed by atoms with Crippen LogP contribution in [0.4, 0.5) is 0 Å². The van der Waals surface area contributed by atoms with Crippen LogP contribution in [0.2, 0.25) is 5.02 Å². The van der Waals surface area contributed by atoms with Gasteiger partial charge in [-0.3, -0.25) is 0 Å². The quantitative estimate of drug-likeness (QED) is 0.766. The second-order valence-corrected chi connectivity index (χ2v) is 4.10. The first-order valence-electron chi connectivity index (χ1n) is 5.02. The Hall–Kier alpha value is -2.27. The number of halogens is 1. The number of furan rings is 1. The number of carboxylic acids is 1. The second-order valence-electron chi connectivity index (χ2n) is 3.67. The van der Waals surface area contributed by atoms with Crippen LogP contribution in [-0.4, -0.2) is 16.2 Å². The van der Waals surface area contributed by atoms with Gasteiger partial charge in [0.25, 0.3) is 0 Å². The topological polar surface area (TPSA) is 76.5 Å². The molecule has 2 aromatic heterocycles. The average Bonchev–Trinajstić information content (AvgIpc) is 2.93. The standard InChI is InChI=1S/C12H6ClNO4/c13-7-1-2-9-6(3-7)4-10(17-9)11-8(12(15)16)5-14-18-11/h1-5H,(H,15,16). The molecular weight excluding hydrogens is 258 g/mol. The molecule has 1 N–H and O–H groups in total. The minimum atomic E-state index is -1.12. The Morgan fingerprint density at radius 2 is 2.17 bits per heavy atom. The lowest BCUT2D eigenvalue weighted by Crippen LogP contribution is -1.95. The van der Waals surface area contributed by atoms with Crippen molar-refractivity contribution in [2.75, 3.05) is 0 Å². The van der Waals surface area contributed by atoms with Crippen molar-refractivity contribution in [3.8, 4) is 11.5 Å². The molecule has 0 aliphatic rings. The molecule has 0 saturated heterocycles. The van der Waals surface area contributed by atoms with Crippen LogP contribution < -0.4 is 0 Å². The first-order chi connectivity index (χ1) is 8.65. The van der Waals surface area contributed by atoms with Gasteiger partial charge in [0, 0.05) is 10.4 Å². The van der Waals surface area contributed by atoms with E-state index in [0.29, 0.717) is 16.4 Å². The highest BCUT2D eigenvalue weighted by Gasteiger charge is 2.20.